The van der Waals surface area contributed by atoms with Gasteiger partial charge >= 0.3 is 0 Å². The highest BCUT2D eigenvalue weighted by atomic mass is 127. The first-order chi connectivity index (χ1) is 12.5. The third-order valence-corrected chi connectivity index (χ3v) is 4.90. The summed E-state index contributed by atoms with van der Waals surface area (Å²) < 4.78 is 5.18. The highest BCUT2D eigenvalue weighted by molar-refractivity contribution is 14.0. The second-order valence-electron chi connectivity index (χ2n) is 6.57. The second-order valence-corrected chi connectivity index (χ2v) is 6.97. The summed E-state index contributed by atoms with van der Waals surface area (Å²) >= 11 is 6.30. The lowest BCUT2D eigenvalue weighted by molar-refractivity contribution is -0.119. The van der Waals surface area contributed by atoms with Gasteiger partial charge in [0.1, 0.15) is 5.75 Å². The van der Waals surface area contributed by atoms with Crippen molar-refractivity contribution in [3.8, 4) is 5.75 Å². The number of likely N-dealkylation sites (tertiary alicyclic amines) is 1. The smallest absolute Gasteiger partial charge is 0.217 e. The van der Waals surface area contributed by atoms with Crippen LogP contribution in [0, 0.1) is 5.92 Å². The van der Waals surface area contributed by atoms with E-state index in [9.17, 15) is 4.79 Å². The first-order valence-electron chi connectivity index (χ1n) is 9.17. The minimum absolute atomic E-state index is 0. The van der Waals surface area contributed by atoms with E-state index in [0.29, 0.717) is 23.9 Å². The zero-order valence-electron chi connectivity index (χ0n) is 16.0. The Labute approximate surface area is 183 Å². The average Bonchev–Trinajstić information content (AvgIpc) is 2.62. The van der Waals surface area contributed by atoms with E-state index in [4.69, 9.17) is 27.1 Å². The molecule has 1 atom stereocenters. The molecule has 1 fully saturated rings. The van der Waals surface area contributed by atoms with Crippen LogP contribution >= 0.6 is 35.6 Å². The van der Waals surface area contributed by atoms with E-state index in [0.717, 1.165) is 56.2 Å². The number of hydrogen-bond acceptors (Lipinski definition) is 3. The number of nitrogens with zero attached hydrogens (tertiary/aromatic N) is 2. The molecule has 1 aromatic carbocycles. The fraction of sp³-hybridized carbons (Fsp3) is 0.579. The molecule has 0 aromatic heterocycles. The number of piperidine rings is 1. The van der Waals surface area contributed by atoms with Crippen LogP contribution in [0.5, 0.6) is 5.75 Å². The largest absolute Gasteiger partial charge is 0.497 e. The molecule has 0 bridgehead atoms. The maximum atomic E-state index is 11.2. The van der Waals surface area contributed by atoms with E-state index in [2.05, 4.69) is 17.1 Å². The summed E-state index contributed by atoms with van der Waals surface area (Å²) in [7, 11) is 1.63. The summed E-state index contributed by atoms with van der Waals surface area (Å²) in [5, 5.41) is 4.05. The van der Waals surface area contributed by atoms with E-state index in [1.165, 1.54) is 0 Å². The molecular weight excluding hydrogens is 479 g/mol. The Morgan fingerprint density at radius 3 is 2.89 bits per heavy atom. The van der Waals surface area contributed by atoms with Gasteiger partial charge in [-0.25, -0.2) is 0 Å². The van der Waals surface area contributed by atoms with Gasteiger partial charge in [0.15, 0.2) is 5.96 Å². The fourth-order valence-electron chi connectivity index (χ4n) is 3.27. The first kappa shape index (κ1) is 23.8. The molecule has 3 N–H and O–H groups in total. The molecule has 0 spiro atoms. The van der Waals surface area contributed by atoms with Gasteiger partial charge in [0.25, 0.3) is 0 Å². The molecule has 27 heavy (non-hydrogen) atoms. The predicted molar refractivity (Wildman–Crippen MR) is 121 cm³/mol. The Balaban J connectivity index is 0.00000364. The molecule has 1 aromatic rings. The Bertz CT molecular complexity index is 642. The number of halogens is 2. The van der Waals surface area contributed by atoms with Crippen LogP contribution in [0.3, 0.4) is 0 Å². The highest BCUT2D eigenvalue weighted by Gasteiger charge is 2.23. The van der Waals surface area contributed by atoms with Crippen LogP contribution in [0.25, 0.3) is 0 Å². The molecule has 0 saturated carbocycles. The molecule has 1 unspecified atom stereocenters. The number of primary amides is 1. The third-order valence-electron chi connectivity index (χ3n) is 4.55. The minimum Gasteiger partial charge on any atom is -0.497 e. The molecule has 1 aliphatic rings. The number of nitrogens with two attached hydrogens (primary N) is 1. The summed E-state index contributed by atoms with van der Waals surface area (Å²) in [6.45, 7) is 5.27. The molecule has 2 rings (SSSR count). The average molecular weight is 509 g/mol. The maximum Gasteiger partial charge on any atom is 0.217 e. The SMILES string of the molecule is CCNC(=NCCc1ccc(OC)cc1Cl)N1CCCC(CC(N)=O)C1.I. The Morgan fingerprint density at radius 2 is 2.26 bits per heavy atom. The summed E-state index contributed by atoms with van der Waals surface area (Å²) in [6.07, 6.45) is 3.29. The van der Waals surface area contributed by atoms with E-state index in [1.807, 2.05) is 18.2 Å². The van der Waals surface area contributed by atoms with Crippen LogP contribution in [0.2, 0.25) is 5.02 Å². The van der Waals surface area contributed by atoms with E-state index < -0.39 is 0 Å². The molecule has 1 amide bonds. The van der Waals surface area contributed by atoms with E-state index in [-0.39, 0.29) is 29.9 Å². The molecular formula is C19H30ClIN4O2. The molecule has 0 aliphatic carbocycles. The third kappa shape index (κ3) is 7.73. The highest BCUT2D eigenvalue weighted by Crippen LogP contribution is 2.23. The lowest BCUT2D eigenvalue weighted by Crippen LogP contribution is -2.47. The number of rotatable bonds is 7. The molecule has 8 heteroatoms. The van der Waals surface area contributed by atoms with E-state index >= 15 is 0 Å². The number of methoxy groups -OCH3 is 1. The maximum absolute atomic E-state index is 11.2. The van der Waals surface area contributed by atoms with Gasteiger partial charge in [-0.3, -0.25) is 9.79 Å². The van der Waals surface area contributed by atoms with Gasteiger partial charge in [-0.2, -0.15) is 0 Å². The summed E-state index contributed by atoms with van der Waals surface area (Å²) in [5.74, 6) is 1.73. The van der Waals surface area contributed by atoms with Crippen LogP contribution in [-0.4, -0.2) is 50.1 Å². The van der Waals surface area contributed by atoms with Gasteiger partial charge in [-0.05, 0) is 49.8 Å². The standard InChI is InChI=1S/C19H29ClN4O2.HI/c1-3-22-19(24-10-4-5-14(13-24)11-18(21)25)23-9-8-15-6-7-16(26-2)12-17(15)20;/h6-7,12,14H,3-5,8-11,13H2,1-2H3,(H2,21,25)(H,22,23);1H. The van der Waals surface area contributed by atoms with Crippen molar-refractivity contribution in [3.63, 3.8) is 0 Å². The molecule has 1 aliphatic heterocycles. The monoisotopic (exact) mass is 508 g/mol. The van der Waals surface area contributed by atoms with Crippen molar-refractivity contribution >= 4 is 47.4 Å². The lowest BCUT2D eigenvalue weighted by atomic mass is 9.95. The van der Waals surface area contributed by atoms with Crippen LogP contribution in [0.4, 0.5) is 0 Å². The van der Waals surface area contributed by atoms with Gasteiger partial charge in [0, 0.05) is 37.6 Å². The number of carbonyl (C=O) groups excluding carboxylic acids is 1. The summed E-state index contributed by atoms with van der Waals surface area (Å²) in [4.78, 5) is 18.2. The number of benzene rings is 1. The molecule has 1 saturated heterocycles. The molecule has 0 radical (unpaired) electrons. The number of ether oxygens (including phenoxy) is 1. The predicted octanol–water partition coefficient (Wildman–Crippen LogP) is 3.06. The van der Waals surface area contributed by atoms with Crippen molar-refractivity contribution in [3.05, 3.63) is 28.8 Å². The summed E-state index contributed by atoms with van der Waals surface area (Å²) in [6, 6.07) is 5.72. The number of aliphatic imine (C=N–C) groups is 1. The summed E-state index contributed by atoms with van der Waals surface area (Å²) in [5.41, 5.74) is 6.41. The van der Waals surface area contributed by atoms with Crippen LogP contribution in [0.1, 0.15) is 31.7 Å². The zero-order chi connectivity index (χ0) is 18.9. The number of guanidine groups is 1. The number of carbonyl (C=O) groups is 1. The first-order valence-corrected chi connectivity index (χ1v) is 9.55. The van der Waals surface area contributed by atoms with Gasteiger partial charge < -0.3 is 20.7 Å². The van der Waals surface area contributed by atoms with Gasteiger partial charge in [-0.1, -0.05) is 17.7 Å². The van der Waals surface area contributed by atoms with E-state index in [1.54, 1.807) is 7.11 Å². The van der Waals surface area contributed by atoms with Crippen LogP contribution in [-0.2, 0) is 11.2 Å². The van der Waals surface area contributed by atoms with Crippen molar-refractivity contribution in [2.24, 2.45) is 16.6 Å². The van der Waals surface area contributed by atoms with Crippen molar-refractivity contribution < 1.29 is 9.53 Å². The fourth-order valence-corrected chi connectivity index (χ4v) is 3.54. The Kier molecular flexibility index (Phi) is 10.8. The molecule has 1 heterocycles. The van der Waals surface area contributed by atoms with Gasteiger partial charge in [0.05, 0.1) is 7.11 Å². The van der Waals surface area contributed by atoms with Gasteiger partial charge in [0.2, 0.25) is 5.91 Å². The Hall–Kier alpha value is -1.22. The number of hydrogen-bond donors (Lipinski definition) is 2. The Morgan fingerprint density at radius 1 is 1.48 bits per heavy atom. The quantitative estimate of drug-likeness (QED) is 0.337. The zero-order valence-corrected chi connectivity index (χ0v) is 19.1. The van der Waals surface area contributed by atoms with Crippen molar-refractivity contribution in [2.75, 3.05) is 33.3 Å². The van der Waals surface area contributed by atoms with Crippen molar-refractivity contribution in [1.29, 1.82) is 0 Å². The van der Waals surface area contributed by atoms with Crippen molar-refractivity contribution in [1.82, 2.24) is 10.2 Å². The van der Waals surface area contributed by atoms with Gasteiger partial charge in [-0.15, -0.1) is 24.0 Å². The van der Waals surface area contributed by atoms with Crippen LogP contribution < -0.4 is 15.8 Å². The number of amides is 1. The topological polar surface area (TPSA) is 80.0 Å². The minimum atomic E-state index is -0.229. The number of nitrogens with one attached hydrogen (secondary N) is 1. The molecule has 6 nitrogen and oxygen atoms in total. The normalized spacial score (nSPS) is 17.2. The molecule has 152 valence electrons. The van der Waals surface area contributed by atoms with Crippen LogP contribution in [0.15, 0.2) is 23.2 Å². The lowest BCUT2D eigenvalue weighted by Gasteiger charge is -2.34. The second kappa shape index (κ2) is 12.3. The van der Waals surface area contributed by atoms with Crippen molar-refractivity contribution in [2.45, 2.75) is 32.6 Å².